The van der Waals surface area contributed by atoms with Crippen molar-refractivity contribution in [3.05, 3.63) is 52.4 Å². The molecule has 3 aliphatic rings. The minimum absolute atomic E-state index is 0.104. The van der Waals surface area contributed by atoms with E-state index in [0.29, 0.717) is 10.9 Å². The van der Waals surface area contributed by atoms with Crippen LogP contribution in [0.1, 0.15) is 75.6 Å². The minimum atomic E-state index is -0.177. The molecule has 1 aliphatic carbocycles. The van der Waals surface area contributed by atoms with Gasteiger partial charge in [-0.2, -0.15) is 0 Å². The number of carbonyl (C=O) groups is 1. The van der Waals surface area contributed by atoms with Crippen molar-refractivity contribution in [2.24, 2.45) is 0 Å². The normalized spacial score (nSPS) is 25.1. The minimum Gasteiger partial charge on any atom is -0.353 e. The number of hydrogen-bond donors (Lipinski definition) is 0. The van der Waals surface area contributed by atoms with E-state index in [2.05, 4.69) is 52.4 Å². The van der Waals surface area contributed by atoms with Crippen molar-refractivity contribution in [2.75, 3.05) is 37.6 Å². The molecule has 1 amide bonds. The predicted molar refractivity (Wildman–Crippen MR) is 141 cm³/mol. The van der Waals surface area contributed by atoms with Crippen LogP contribution in [-0.2, 0) is 11.2 Å². The van der Waals surface area contributed by atoms with Crippen LogP contribution in [0.5, 0.6) is 0 Å². The van der Waals surface area contributed by atoms with E-state index in [1.54, 1.807) is 6.33 Å². The number of hydrogen-bond acceptors (Lipinski definition) is 5. The largest absolute Gasteiger partial charge is 0.353 e. The van der Waals surface area contributed by atoms with Crippen molar-refractivity contribution in [2.45, 2.75) is 76.8 Å². The van der Waals surface area contributed by atoms with E-state index in [9.17, 15) is 4.79 Å². The standard InChI is InChI=1S/C28H38ClN5O/c1-5-34-23(12-13-28(34,3)4)25(20-7-9-21(29)10-8-20)27(35)33-16-14-32(15-17-33)26-24-19(2)6-11-22(24)30-18-31-26/h7-10,18-19,23,25H,5-6,11-17H2,1-4H3/t19-,23+,25?/m1/s1. The van der Waals surface area contributed by atoms with Crippen molar-refractivity contribution < 1.29 is 4.79 Å². The Morgan fingerprint density at radius 1 is 1.11 bits per heavy atom. The zero-order chi connectivity index (χ0) is 24.7. The number of likely N-dealkylation sites (tertiary alicyclic amines) is 1. The molecule has 35 heavy (non-hydrogen) atoms. The number of carbonyl (C=O) groups excluding carboxylic acids is 1. The zero-order valence-electron chi connectivity index (χ0n) is 21.5. The summed E-state index contributed by atoms with van der Waals surface area (Å²) in [4.78, 5) is 30.3. The van der Waals surface area contributed by atoms with Crippen LogP contribution in [0.25, 0.3) is 0 Å². The Kier molecular flexibility index (Phi) is 6.79. The van der Waals surface area contributed by atoms with E-state index in [0.717, 1.165) is 69.8 Å². The van der Waals surface area contributed by atoms with Crippen molar-refractivity contribution in [3.63, 3.8) is 0 Å². The molecule has 3 heterocycles. The van der Waals surface area contributed by atoms with Gasteiger partial charge in [0.1, 0.15) is 12.1 Å². The Labute approximate surface area is 214 Å². The van der Waals surface area contributed by atoms with Gasteiger partial charge in [0, 0.05) is 54.0 Å². The molecule has 0 bridgehead atoms. The summed E-state index contributed by atoms with van der Waals surface area (Å²) in [5.74, 6) is 1.65. The summed E-state index contributed by atoms with van der Waals surface area (Å²) in [6.45, 7) is 13.1. The molecule has 7 heteroatoms. The summed E-state index contributed by atoms with van der Waals surface area (Å²) in [5.41, 5.74) is 3.70. The first-order valence-electron chi connectivity index (χ1n) is 13.2. The topological polar surface area (TPSA) is 52.6 Å². The third kappa shape index (κ3) is 4.55. The highest BCUT2D eigenvalue weighted by Crippen LogP contribution is 2.41. The molecule has 188 valence electrons. The van der Waals surface area contributed by atoms with Crippen LogP contribution < -0.4 is 4.90 Å². The molecule has 1 unspecified atom stereocenters. The monoisotopic (exact) mass is 495 g/mol. The fourth-order valence-corrected chi connectivity index (χ4v) is 6.79. The van der Waals surface area contributed by atoms with E-state index in [4.69, 9.17) is 11.6 Å². The van der Waals surface area contributed by atoms with E-state index >= 15 is 0 Å². The van der Waals surface area contributed by atoms with Gasteiger partial charge in [0.2, 0.25) is 5.91 Å². The van der Waals surface area contributed by atoms with Crippen molar-refractivity contribution >= 4 is 23.3 Å². The van der Waals surface area contributed by atoms with Gasteiger partial charge in [0.15, 0.2) is 0 Å². The fourth-order valence-electron chi connectivity index (χ4n) is 6.67. The molecule has 0 radical (unpaired) electrons. The molecule has 0 saturated carbocycles. The molecule has 2 fully saturated rings. The maximum absolute atomic E-state index is 14.1. The third-order valence-corrected chi connectivity index (χ3v) is 8.85. The van der Waals surface area contributed by atoms with Gasteiger partial charge in [-0.05, 0) is 69.7 Å². The number of nitrogens with zero attached hydrogens (tertiary/aromatic N) is 5. The molecule has 2 aromatic rings. The van der Waals surface area contributed by atoms with Crippen molar-refractivity contribution in [1.29, 1.82) is 0 Å². The average molecular weight is 496 g/mol. The number of aryl methyl sites for hydroxylation is 1. The Hall–Kier alpha value is -2.18. The summed E-state index contributed by atoms with van der Waals surface area (Å²) < 4.78 is 0. The molecule has 1 aromatic carbocycles. The van der Waals surface area contributed by atoms with Gasteiger partial charge in [-0.15, -0.1) is 0 Å². The van der Waals surface area contributed by atoms with E-state index < -0.39 is 0 Å². The summed E-state index contributed by atoms with van der Waals surface area (Å²) in [7, 11) is 0. The average Bonchev–Trinajstić information content (AvgIpc) is 3.39. The first kappa shape index (κ1) is 24.5. The highest BCUT2D eigenvalue weighted by Gasteiger charge is 2.46. The van der Waals surface area contributed by atoms with E-state index in [-0.39, 0.29) is 23.4 Å². The number of halogens is 1. The van der Waals surface area contributed by atoms with Crippen LogP contribution in [0.15, 0.2) is 30.6 Å². The maximum atomic E-state index is 14.1. The SMILES string of the molecule is CCN1[C@H](C(C(=O)N2CCN(c3ncnc4c3[C@H](C)CC4)CC2)c2ccc(Cl)cc2)CCC1(C)C. The summed E-state index contributed by atoms with van der Waals surface area (Å²) in [6, 6.07) is 8.13. The molecule has 3 atom stereocenters. The number of aromatic nitrogens is 2. The number of amides is 1. The Morgan fingerprint density at radius 3 is 2.51 bits per heavy atom. The second-order valence-corrected chi connectivity index (χ2v) is 11.5. The molecule has 1 aromatic heterocycles. The fraction of sp³-hybridized carbons (Fsp3) is 0.607. The lowest BCUT2D eigenvalue weighted by Crippen LogP contribution is -2.54. The zero-order valence-corrected chi connectivity index (χ0v) is 22.3. The third-order valence-electron chi connectivity index (χ3n) is 8.59. The number of anilines is 1. The Balaban J connectivity index is 1.37. The lowest BCUT2D eigenvalue weighted by molar-refractivity contribution is -0.135. The lowest BCUT2D eigenvalue weighted by atomic mass is 9.88. The summed E-state index contributed by atoms with van der Waals surface area (Å²) in [5, 5.41) is 0.708. The molecule has 6 nitrogen and oxygen atoms in total. The molecule has 2 saturated heterocycles. The molecule has 5 rings (SSSR count). The van der Waals surface area contributed by atoms with Crippen LogP contribution in [-0.4, -0.2) is 70.0 Å². The highest BCUT2D eigenvalue weighted by atomic mass is 35.5. The lowest BCUT2D eigenvalue weighted by Gasteiger charge is -2.42. The van der Waals surface area contributed by atoms with Crippen molar-refractivity contribution in [1.82, 2.24) is 19.8 Å². The highest BCUT2D eigenvalue weighted by molar-refractivity contribution is 6.30. The number of rotatable bonds is 5. The molecular weight excluding hydrogens is 458 g/mol. The second-order valence-electron chi connectivity index (χ2n) is 11.0. The van der Waals surface area contributed by atoms with Gasteiger partial charge in [-0.25, -0.2) is 9.97 Å². The van der Waals surface area contributed by atoms with Crippen LogP contribution in [0.3, 0.4) is 0 Å². The molecule has 0 spiro atoms. The maximum Gasteiger partial charge on any atom is 0.231 e. The summed E-state index contributed by atoms with van der Waals surface area (Å²) in [6.07, 6.45) is 6.03. The van der Waals surface area contributed by atoms with E-state index in [1.807, 2.05) is 24.3 Å². The van der Waals surface area contributed by atoms with Gasteiger partial charge in [0.05, 0.1) is 5.92 Å². The van der Waals surface area contributed by atoms with Gasteiger partial charge in [-0.1, -0.05) is 37.6 Å². The van der Waals surface area contributed by atoms with Gasteiger partial charge in [0.25, 0.3) is 0 Å². The quantitative estimate of drug-likeness (QED) is 0.592. The van der Waals surface area contributed by atoms with E-state index in [1.165, 1.54) is 11.3 Å². The van der Waals surface area contributed by atoms with Crippen molar-refractivity contribution in [3.8, 4) is 0 Å². The summed E-state index contributed by atoms with van der Waals surface area (Å²) >= 11 is 6.21. The number of piperazine rings is 1. The molecule has 0 N–H and O–H groups in total. The predicted octanol–water partition coefficient (Wildman–Crippen LogP) is 4.88. The Morgan fingerprint density at radius 2 is 1.83 bits per heavy atom. The number of fused-ring (bicyclic) bond motifs is 1. The van der Waals surface area contributed by atoms with Gasteiger partial charge < -0.3 is 9.80 Å². The van der Waals surface area contributed by atoms with Crippen LogP contribution in [0.2, 0.25) is 5.02 Å². The smallest absolute Gasteiger partial charge is 0.231 e. The number of benzene rings is 1. The van der Waals surface area contributed by atoms with Gasteiger partial charge in [-0.3, -0.25) is 9.69 Å². The molecule has 2 aliphatic heterocycles. The first-order valence-corrected chi connectivity index (χ1v) is 13.6. The van der Waals surface area contributed by atoms with Crippen LogP contribution in [0, 0.1) is 0 Å². The molecular formula is C28H38ClN5O. The van der Waals surface area contributed by atoms with Crippen LogP contribution in [0.4, 0.5) is 5.82 Å². The van der Waals surface area contributed by atoms with Crippen LogP contribution >= 0.6 is 11.6 Å². The first-order chi connectivity index (χ1) is 16.8. The second kappa shape index (κ2) is 9.70. The van der Waals surface area contributed by atoms with Gasteiger partial charge >= 0.3 is 0 Å². The number of likely N-dealkylation sites (N-methyl/N-ethyl adjacent to an activating group) is 1. The Bertz CT molecular complexity index is 1060.